The maximum absolute atomic E-state index is 12.7. The van der Waals surface area contributed by atoms with Crippen molar-refractivity contribution >= 4 is 5.91 Å². The first kappa shape index (κ1) is 16.9. The number of aliphatic hydroxyl groups is 1. The summed E-state index contributed by atoms with van der Waals surface area (Å²) in [6, 6.07) is 1.19. The highest BCUT2D eigenvalue weighted by atomic mass is 16.5. The van der Waals surface area contributed by atoms with Gasteiger partial charge in [-0.1, -0.05) is 0 Å². The minimum Gasteiger partial charge on any atom is -0.390 e. The van der Waals surface area contributed by atoms with Gasteiger partial charge >= 0.3 is 5.69 Å². The highest BCUT2D eigenvalue weighted by Gasteiger charge is 2.44. The molecule has 0 aromatic carbocycles. The molecule has 1 spiro atoms. The molecule has 2 saturated heterocycles. The topological polar surface area (TPSA) is 93.8 Å². The average molecular weight is 337 g/mol. The third-order valence-electron chi connectivity index (χ3n) is 5.26. The van der Waals surface area contributed by atoms with Crippen LogP contribution in [-0.4, -0.2) is 56.4 Å². The van der Waals surface area contributed by atoms with Crippen molar-refractivity contribution < 1.29 is 14.6 Å². The zero-order chi connectivity index (χ0) is 17.5. The van der Waals surface area contributed by atoms with E-state index in [2.05, 4.69) is 0 Å². The molecule has 24 heavy (non-hydrogen) atoms. The van der Waals surface area contributed by atoms with Gasteiger partial charge in [-0.2, -0.15) is 0 Å². The van der Waals surface area contributed by atoms with Gasteiger partial charge < -0.3 is 14.7 Å². The van der Waals surface area contributed by atoms with E-state index >= 15 is 0 Å². The first-order chi connectivity index (χ1) is 11.4. The van der Waals surface area contributed by atoms with E-state index in [9.17, 15) is 19.5 Å². The average Bonchev–Trinajstić information content (AvgIpc) is 2.59. The molecular formula is C16H23N3O5. The van der Waals surface area contributed by atoms with Gasteiger partial charge in [0, 0.05) is 39.9 Å². The Labute approximate surface area is 139 Å². The monoisotopic (exact) mass is 337 g/mol. The summed E-state index contributed by atoms with van der Waals surface area (Å²) in [6.45, 7) is 1.49. The molecule has 132 valence electrons. The molecule has 2 aliphatic heterocycles. The van der Waals surface area contributed by atoms with Gasteiger partial charge in [0.1, 0.15) is 5.69 Å². The molecule has 0 unspecified atom stereocenters. The van der Waals surface area contributed by atoms with E-state index in [4.69, 9.17) is 4.74 Å². The zero-order valence-corrected chi connectivity index (χ0v) is 14.0. The van der Waals surface area contributed by atoms with E-state index < -0.39 is 23.0 Å². The summed E-state index contributed by atoms with van der Waals surface area (Å²) in [5.41, 5.74) is -1.50. The number of hydrogen-bond donors (Lipinski definition) is 1. The lowest BCUT2D eigenvalue weighted by Crippen LogP contribution is -2.56. The van der Waals surface area contributed by atoms with Crippen molar-refractivity contribution in [3.63, 3.8) is 0 Å². The van der Waals surface area contributed by atoms with Gasteiger partial charge in [-0.15, -0.1) is 0 Å². The fourth-order valence-electron chi connectivity index (χ4n) is 3.58. The Kier molecular flexibility index (Phi) is 4.35. The normalized spacial score (nSPS) is 23.5. The molecule has 0 saturated carbocycles. The van der Waals surface area contributed by atoms with E-state index in [-0.39, 0.29) is 11.6 Å². The molecule has 2 fully saturated rings. The molecule has 3 rings (SSSR count). The summed E-state index contributed by atoms with van der Waals surface area (Å²) < 4.78 is 7.99. The largest absolute Gasteiger partial charge is 0.390 e. The van der Waals surface area contributed by atoms with Gasteiger partial charge in [-0.3, -0.25) is 18.7 Å². The number of likely N-dealkylation sites (tertiary alicyclic amines) is 1. The first-order valence-electron chi connectivity index (χ1n) is 8.24. The molecule has 8 heteroatoms. The van der Waals surface area contributed by atoms with Crippen LogP contribution in [0.5, 0.6) is 0 Å². The maximum Gasteiger partial charge on any atom is 0.331 e. The fourth-order valence-corrected chi connectivity index (χ4v) is 3.58. The molecule has 1 amide bonds. The van der Waals surface area contributed by atoms with E-state index in [0.717, 1.165) is 17.4 Å². The number of amides is 1. The number of carbonyl (C=O) groups excluding carboxylic acids is 1. The second kappa shape index (κ2) is 6.18. The molecule has 8 nitrogen and oxygen atoms in total. The predicted octanol–water partition coefficient (Wildman–Crippen LogP) is -0.770. The number of hydrogen-bond acceptors (Lipinski definition) is 5. The van der Waals surface area contributed by atoms with Crippen molar-refractivity contribution in [3.8, 4) is 0 Å². The maximum atomic E-state index is 12.7. The van der Waals surface area contributed by atoms with Crippen molar-refractivity contribution in [3.05, 3.63) is 32.6 Å². The van der Waals surface area contributed by atoms with Crippen LogP contribution in [0.25, 0.3) is 0 Å². The highest BCUT2D eigenvalue weighted by molar-refractivity contribution is 5.92. The van der Waals surface area contributed by atoms with Crippen molar-refractivity contribution in [2.24, 2.45) is 14.1 Å². The summed E-state index contributed by atoms with van der Waals surface area (Å²) in [6.07, 6.45) is 2.17. The molecule has 2 aliphatic rings. The summed E-state index contributed by atoms with van der Waals surface area (Å²) in [7, 11) is 2.86. The van der Waals surface area contributed by atoms with Crippen molar-refractivity contribution in [2.45, 2.75) is 37.4 Å². The van der Waals surface area contributed by atoms with Crippen LogP contribution in [0, 0.1) is 0 Å². The quantitative estimate of drug-likeness (QED) is 0.726. The lowest BCUT2D eigenvalue weighted by molar-refractivity contribution is -0.174. The third kappa shape index (κ3) is 2.69. The number of piperidine rings is 1. The van der Waals surface area contributed by atoms with E-state index in [1.54, 1.807) is 4.90 Å². The Morgan fingerprint density at radius 3 is 2.54 bits per heavy atom. The minimum atomic E-state index is -0.562. The van der Waals surface area contributed by atoms with Crippen LogP contribution in [0.4, 0.5) is 0 Å². The smallest absolute Gasteiger partial charge is 0.331 e. The van der Waals surface area contributed by atoms with Crippen LogP contribution < -0.4 is 11.2 Å². The Bertz CT molecular complexity index is 758. The second-order valence-corrected chi connectivity index (χ2v) is 6.63. The standard InChI is InChI=1S/C16H23N3O5/c1-17-11(10-13(21)18(2)15(17)23)14(22)19-7-5-16(6-8-19)12(20)4-3-9-24-16/h10,12,20H,3-9H2,1-2H3/t12-/m0/s1. The van der Waals surface area contributed by atoms with Crippen LogP contribution >= 0.6 is 0 Å². The predicted molar refractivity (Wildman–Crippen MR) is 86.0 cm³/mol. The SMILES string of the molecule is Cn1c(C(=O)N2CCC3(CC2)OCCC[C@@H]3O)cc(=O)n(C)c1=O. The van der Waals surface area contributed by atoms with Crippen LogP contribution in [-0.2, 0) is 18.8 Å². The third-order valence-corrected chi connectivity index (χ3v) is 5.26. The molecule has 1 aromatic rings. The zero-order valence-electron chi connectivity index (χ0n) is 14.0. The summed E-state index contributed by atoms with van der Waals surface area (Å²) in [4.78, 5) is 38.1. The Balaban J connectivity index is 1.79. The molecule has 0 radical (unpaired) electrons. The first-order valence-corrected chi connectivity index (χ1v) is 8.24. The Hall–Kier alpha value is -1.93. The number of rotatable bonds is 1. The van der Waals surface area contributed by atoms with E-state index in [1.165, 1.54) is 24.7 Å². The summed E-state index contributed by atoms with van der Waals surface area (Å²) in [5.74, 6) is -0.340. The lowest BCUT2D eigenvalue weighted by Gasteiger charge is -2.46. The van der Waals surface area contributed by atoms with Gasteiger partial charge in [0.05, 0.1) is 11.7 Å². The molecule has 1 atom stereocenters. The van der Waals surface area contributed by atoms with Crippen LogP contribution in [0.15, 0.2) is 15.7 Å². The second-order valence-electron chi connectivity index (χ2n) is 6.63. The highest BCUT2D eigenvalue weighted by Crippen LogP contribution is 2.35. The lowest BCUT2D eigenvalue weighted by atomic mass is 9.82. The van der Waals surface area contributed by atoms with Crippen LogP contribution in [0.2, 0.25) is 0 Å². The molecular weight excluding hydrogens is 314 g/mol. The van der Waals surface area contributed by atoms with Crippen molar-refractivity contribution in [1.29, 1.82) is 0 Å². The van der Waals surface area contributed by atoms with Gasteiger partial charge in [-0.25, -0.2) is 4.79 Å². The number of nitrogens with zero attached hydrogens (tertiary/aromatic N) is 3. The molecule has 1 aromatic heterocycles. The van der Waals surface area contributed by atoms with Crippen molar-refractivity contribution in [1.82, 2.24) is 14.0 Å². The van der Waals surface area contributed by atoms with Crippen LogP contribution in [0.1, 0.15) is 36.2 Å². The van der Waals surface area contributed by atoms with Gasteiger partial charge in [0.25, 0.3) is 11.5 Å². The summed E-state index contributed by atoms with van der Waals surface area (Å²) in [5, 5.41) is 10.3. The van der Waals surface area contributed by atoms with E-state index in [0.29, 0.717) is 32.5 Å². The van der Waals surface area contributed by atoms with Crippen molar-refractivity contribution in [2.75, 3.05) is 19.7 Å². The number of carbonyl (C=O) groups is 1. The summed E-state index contributed by atoms with van der Waals surface area (Å²) >= 11 is 0. The molecule has 3 heterocycles. The molecule has 0 aliphatic carbocycles. The van der Waals surface area contributed by atoms with Crippen LogP contribution in [0.3, 0.4) is 0 Å². The molecule has 1 N–H and O–H groups in total. The fraction of sp³-hybridized carbons (Fsp3) is 0.688. The van der Waals surface area contributed by atoms with Gasteiger partial charge in [0.15, 0.2) is 0 Å². The number of ether oxygens (including phenoxy) is 1. The Morgan fingerprint density at radius 2 is 1.92 bits per heavy atom. The van der Waals surface area contributed by atoms with E-state index in [1.807, 2.05) is 0 Å². The van der Waals surface area contributed by atoms with Gasteiger partial charge in [0.2, 0.25) is 0 Å². The Morgan fingerprint density at radius 1 is 1.25 bits per heavy atom. The minimum absolute atomic E-state index is 0.0872. The number of aliphatic hydroxyl groups excluding tert-OH is 1. The number of aromatic nitrogens is 2. The molecule has 0 bridgehead atoms. The van der Waals surface area contributed by atoms with Gasteiger partial charge in [-0.05, 0) is 25.7 Å².